The summed E-state index contributed by atoms with van der Waals surface area (Å²) in [5, 5.41) is 0. The van der Waals surface area contributed by atoms with Crippen molar-refractivity contribution in [3.8, 4) is 23.0 Å². The summed E-state index contributed by atoms with van der Waals surface area (Å²) in [5.74, 6) is 1.96. The van der Waals surface area contributed by atoms with Crippen LogP contribution in [0.2, 0.25) is 0 Å². The Morgan fingerprint density at radius 2 is 0.603 bits per heavy atom. The fraction of sp³-hybridized carbons (Fsp3) is 0.625. The first-order valence-electron chi connectivity index (χ1n) is 21.9. The molecule has 3 saturated carbocycles. The third-order valence-corrected chi connectivity index (χ3v) is 11.6. The molecule has 5 rings (SSSR count). The lowest BCUT2D eigenvalue weighted by atomic mass is 9.81. The van der Waals surface area contributed by atoms with Crippen LogP contribution in [-0.4, -0.2) is 35.4 Å². The molecule has 0 amide bonds. The first-order valence-corrected chi connectivity index (χ1v) is 21.9. The minimum absolute atomic E-state index is 0.0514. The van der Waals surface area contributed by atoms with E-state index in [1.54, 1.807) is 62.4 Å². The first-order chi connectivity index (χ1) is 27.8. The van der Waals surface area contributed by atoms with Gasteiger partial charge in [-0.3, -0.25) is 19.2 Å². The largest absolute Gasteiger partial charge is 0.426 e. The minimum atomic E-state index is -0.326. The van der Waals surface area contributed by atoms with Crippen LogP contribution in [0.15, 0.2) is 48.5 Å². The summed E-state index contributed by atoms with van der Waals surface area (Å²) in [6.45, 7) is 11.6. The second-order valence-corrected chi connectivity index (χ2v) is 16.3. The summed E-state index contributed by atoms with van der Waals surface area (Å²) in [6, 6.07) is 13.2. The van der Waals surface area contributed by atoms with Crippen LogP contribution in [0.5, 0.6) is 23.0 Å². The third-order valence-electron chi connectivity index (χ3n) is 11.6. The topological polar surface area (TPSA) is 139 Å². The molecule has 58 heavy (non-hydrogen) atoms. The standard InChI is InChI=1S/C38H48O8.2C5H10O/c1-3-25-5-9-27(10-6-25)35(39)43-31-17-21-33(22-18-31)45-37(41)29-13-15-30(16-14-29)38(42)46-34-23-19-32(20-24-34)44-36(40)28-11-7-26(4-2)8-12-28;2*1-3-4-5(2)6/h17-30H,3-16H2,1-2H3;2*3-4H2,1-2H3. The van der Waals surface area contributed by atoms with Gasteiger partial charge in [-0.2, -0.15) is 0 Å². The van der Waals surface area contributed by atoms with Crippen molar-refractivity contribution in [2.24, 2.45) is 35.5 Å². The molecule has 3 aliphatic carbocycles. The summed E-state index contributed by atoms with van der Waals surface area (Å²) in [6.07, 6.45) is 15.7. The van der Waals surface area contributed by atoms with Crippen LogP contribution in [0, 0.1) is 35.5 Å². The Morgan fingerprint density at radius 3 is 0.759 bits per heavy atom. The van der Waals surface area contributed by atoms with Crippen molar-refractivity contribution in [3.05, 3.63) is 48.5 Å². The molecule has 10 heteroatoms. The quantitative estimate of drug-likeness (QED) is 0.134. The van der Waals surface area contributed by atoms with Gasteiger partial charge in [-0.05, 0) is 164 Å². The second-order valence-electron chi connectivity index (χ2n) is 16.3. The number of carbonyl (C=O) groups excluding carboxylic acids is 6. The summed E-state index contributed by atoms with van der Waals surface area (Å²) >= 11 is 0. The van der Waals surface area contributed by atoms with Gasteiger partial charge in [0.2, 0.25) is 0 Å². The van der Waals surface area contributed by atoms with Gasteiger partial charge in [-0.15, -0.1) is 0 Å². The highest BCUT2D eigenvalue weighted by Gasteiger charge is 2.33. The molecule has 0 radical (unpaired) electrons. The summed E-state index contributed by atoms with van der Waals surface area (Å²) in [5.41, 5.74) is 0. The van der Waals surface area contributed by atoms with Gasteiger partial charge in [0.15, 0.2) is 0 Å². The molecule has 0 heterocycles. The first kappa shape index (κ1) is 48.0. The lowest BCUT2D eigenvalue weighted by molar-refractivity contribution is -0.145. The molecule has 2 aromatic carbocycles. The number of Topliss-reactive ketones (excluding diaryl/α,β-unsaturated/α-hetero) is 2. The van der Waals surface area contributed by atoms with Gasteiger partial charge in [-0.1, -0.05) is 40.5 Å². The van der Waals surface area contributed by atoms with E-state index in [1.807, 2.05) is 13.8 Å². The van der Waals surface area contributed by atoms with E-state index in [4.69, 9.17) is 18.9 Å². The summed E-state index contributed by atoms with van der Waals surface area (Å²) < 4.78 is 22.4. The lowest BCUT2D eigenvalue weighted by Crippen LogP contribution is -2.30. The van der Waals surface area contributed by atoms with E-state index < -0.39 is 0 Å². The van der Waals surface area contributed by atoms with Crippen molar-refractivity contribution in [1.82, 2.24) is 0 Å². The maximum absolute atomic E-state index is 12.8. The molecular weight excluding hydrogens is 737 g/mol. The Balaban J connectivity index is 0.000000654. The predicted octanol–water partition coefficient (Wildman–Crippen LogP) is 11.0. The predicted molar refractivity (Wildman–Crippen MR) is 224 cm³/mol. The van der Waals surface area contributed by atoms with Crippen LogP contribution in [-0.2, 0) is 28.8 Å². The molecule has 10 nitrogen and oxygen atoms in total. The van der Waals surface area contributed by atoms with Crippen LogP contribution in [0.3, 0.4) is 0 Å². The Bertz CT molecular complexity index is 1450. The molecule has 0 saturated heterocycles. The number of carbonyl (C=O) groups is 6. The molecule has 0 aromatic heterocycles. The number of hydrogen-bond donors (Lipinski definition) is 0. The number of ether oxygens (including phenoxy) is 4. The van der Waals surface area contributed by atoms with Gasteiger partial charge >= 0.3 is 23.9 Å². The highest BCUT2D eigenvalue weighted by Crippen LogP contribution is 2.35. The van der Waals surface area contributed by atoms with Gasteiger partial charge in [0.05, 0.1) is 23.7 Å². The Kier molecular flexibility index (Phi) is 21.4. The van der Waals surface area contributed by atoms with E-state index >= 15 is 0 Å². The maximum Gasteiger partial charge on any atom is 0.314 e. The van der Waals surface area contributed by atoms with E-state index in [1.165, 1.54) is 0 Å². The average molecular weight is 805 g/mol. The zero-order valence-corrected chi connectivity index (χ0v) is 35.9. The molecular formula is C48H68O10. The maximum atomic E-state index is 12.8. The minimum Gasteiger partial charge on any atom is -0.426 e. The molecule has 320 valence electrons. The van der Waals surface area contributed by atoms with Crippen molar-refractivity contribution >= 4 is 35.4 Å². The van der Waals surface area contributed by atoms with Gasteiger partial charge in [0.1, 0.15) is 34.6 Å². The van der Waals surface area contributed by atoms with E-state index in [9.17, 15) is 28.8 Å². The Morgan fingerprint density at radius 1 is 0.397 bits per heavy atom. The van der Waals surface area contributed by atoms with Crippen LogP contribution in [0.25, 0.3) is 0 Å². The molecule has 2 aromatic rings. The van der Waals surface area contributed by atoms with Crippen LogP contribution in [0.1, 0.15) is 157 Å². The molecule has 0 aliphatic heterocycles. The SMILES string of the molecule is CCC1CCC(C(=O)Oc2ccc(OC(=O)C3CCC(C(=O)Oc4ccc(OC(=O)C5CCC(CC)CC5)cc4)CC3)cc2)CC1.CCCC(C)=O.CCCC(C)=O. The van der Waals surface area contributed by atoms with Crippen molar-refractivity contribution in [1.29, 1.82) is 0 Å². The molecule has 3 fully saturated rings. The van der Waals surface area contributed by atoms with E-state index in [0.29, 0.717) is 60.5 Å². The molecule has 3 aliphatic rings. The zero-order valence-electron chi connectivity index (χ0n) is 35.9. The normalized spacial score (nSPS) is 22.7. The zero-order chi connectivity index (χ0) is 42.5. The third kappa shape index (κ3) is 17.3. The van der Waals surface area contributed by atoms with Crippen molar-refractivity contribution in [2.45, 2.75) is 157 Å². The highest BCUT2D eigenvalue weighted by atomic mass is 16.6. The van der Waals surface area contributed by atoms with Gasteiger partial charge in [0, 0.05) is 12.8 Å². The Labute approximate surface area is 346 Å². The van der Waals surface area contributed by atoms with Gasteiger partial charge < -0.3 is 28.5 Å². The second kappa shape index (κ2) is 25.9. The number of benzene rings is 2. The van der Waals surface area contributed by atoms with Crippen LogP contribution >= 0.6 is 0 Å². The lowest BCUT2D eigenvalue weighted by Gasteiger charge is -2.26. The smallest absolute Gasteiger partial charge is 0.314 e. The van der Waals surface area contributed by atoms with E-state index in [0.717, 1.165) is 89.9 Å². The molecule has 0 bridgehead atoms. The fourth-order valence-corrected chi connectivity index (χ4v) is 7.83. The van der Waals surface area contributed by atoms with Crippen LogP contribution < -0.4 is 18.9 Å². The molecule has 0 N–H and O–H groups in total. The summed E-state index contributed by atoms with van der Waals surface area (Å²) in [4.78, 5) is 70.9. The van der Waals surface area contributed by atoms with Gasteiger partial charge in [-0.25, -0.2) is 0 Å². The summed E-state index contributed by atoms with van der Waals surface area (Å²) in [7, 11) is 0. The highest BCUT2D eigenvalue weighted by molar-refractivity contribution is 5.79. The average Bonchev–Trinajstić information content (AvgIpc) is 3.22. The molecule has 0 atom stereocenters. The van der Waals surface area contributed by atoms with Crippen molar-refractivity contribution in [2.75, 3.05) is 0 Å². The number of rotatable bonds is 14. The molecule has 0 unspecified atom stereocenters. The number of hydrogen-bond acceptors (Lipinski definition) is 10. The van der Waals surface area contributed by atoms with Gasteiger partial charge in [0.25, 0.3) is 0 Å². The van der Waals surface area contributed by atoms with Crippen molar-refractivity contribution < 1.29 is 47.7 Å². The molecule has 0 spiro atoms. The van der Waals surface area contributed by atoms with Crippen molar-refractivity contribution in [3.63, 3.8) is 0 Å². The van der Waals surface area contributed by atoms with Crippen LogP contribution in [0.4, 0.5) is 0 Å². The fourth-order valence-electron chi connectivity index (χ4n) is 7.83. The monoisotopic (exact) mass is 804 g/mol. The Hall–Kier alpha value is -4.34. The van der Waals surface area contributed by atoms with E-state index in [2.05, 4.69) is 13.8 Å². The number of esters is 4. The van der Waals surface area contributed by atoms with E-state index in [-0.39, 0.29) is 59.1 Å². The number of ketones is 2.